The fraction of sp³-hybridized carbons (Fsp3) is 0.308. The zero-order chi connectivity index (χ0) is 11.3. The molecule has 1 atom stereocenters. The van der Waals surface area contributed by atoms with E-state index in [9.17, 15) is 0 Å². The molecule has 0 saturated carbocycles. The van der Waals surface area contributed by atoms with Crippen molar-refractivity contribution in [3.05, 3.63) is 48.4 Å². The second-order valence-electron chi connectivity index (χ2n) is 3.34. The third-order valence-electron chi connectivity index (χ3n) is 2.18. The molecule has 0 aliphatic rings. The third kappa shape index (κ3) is 3.28. The van der Waals surface area contributed by atoms with Crippen LogP contribution in [0, 0.1) is 6.92 Å². The van der Waals surface area contributed by atoms with Crippen molar-refractivity contribution in [2.45, 2.75) is 19.3 Å². The summed E-state index contributed by atoms with van der Waals surface area (Å²) in [7, 11) is 0. The standard InChI is InChI=1S/C13H16ClO/c1-4-6-10(3)11-7-8-13(15-5-2)12(14)9-11/h4,7-10H,1,3,5-6H2,2H3. The molecule has 1 radical (unpaired) electrons. The van der Waals surface area contributed by atoms with Crippen LogP contribution in [0.4, 0.5) is 0 Å². The molecule has 81 valence electrons. The summed E-state index contributed by atoms with van der Waals surface area (Å²) >= 11 is 6.07. The lowest BCUT2D eigenvalue weighted by atomic mass is 9.98. The first kappa shape index (κ1) is 12.1. The minimum Gasteiger partial charge on any atom is -0.492 e. The molecule has 1 aromatic rings. The van der Waals surface area contributed by atoms with Crippen LogP contribution >= 0.6 is 11.6 Å². The first-order chi connectivity index (χ1) is 7.19. The zero-order valence-corrected chi connectivity index (χ0v) is 9.76. The van der Waals surface area contributed by atoms with Crippen LogP contribution in [-0.2, 0) is 0 Å². The Balaban J connectivity index is 2.85. The van der Waals surface area contributed by atoms with Gasteiger partial charge in [0.15, 0.2) is 0 Å². The molecule has 1 unspecified atom stereocenters. The van der Waals surface area contributed by atoms with Crippen LogP contribution < -0.4 is 4.74 Å². The van der Waals surface area contributed by atoms with E-state index in [0.29, 0.717) is 11.6 Å². The maximum Gasteiger partial charge on any atom is 0.137 e. The van der Waals surface area contributed by atoms with E-state index in [-0.39, 0.29) is 5.92 Å². The lowest BCUT2D eigenvalue weighted by molar-refractivity contribution is 0.340. The van der Waals surface area contributed by atoms with Crippen LogP contribution in [0.5, 0.6) is 5.75 Å². The molecule has 0 spiro atoms. The maximum atomic E-state index is 6.07. The van der Waals surface area contributed by atoms with E-state index in [1.165, 1.54) is 0 Å². The number of ether oxygens (including phenoxy) is 1. The first-order valence-corrected chi connectivity index (χ1v) is 5.43. The molecule has 0 aromatic heterocycles. The average molecular weight is 224 g/mol. The number of halogens is 1. The molecular weight excluding hydrogens is 208 g/mol. The van der Waals surface area contributed by atoms with Gasteiger partial charge in [0.2, 0.25) is 0 Å². The fourth-order valence-electron chi connectivity index (χ4n) is 1.38. The van der Waals surface area contributed by atoms with Crippen molar-refractivity contribution >= 4 is 11.6 Å². The van der Waals surface area contributed by atoms with Gasteiger partial charge < -0.3 is 4.74 Å². The second kappa shape index (κ2) is 5.82. The highest BCUT2D eigenvalue weighted by molar-refractivity contribution is 6.32. The smallest absolute Gasteiger partial charge is 0.137 e. The van der Waals surface area contributed by atoms with Gasteiger partial charge in [-0.1, -0.05) is 23.7 Å². The predicted octanol–water partition coefficient (Wildman–Crippen LogP) is 4.23. The largest absolute Gasteiger partial charge is 0.492 e. The van der Waals surface area contributed by atoms with Crippen molar-refractivity contribution in [1.29, 1.82) is 0 Å². The van der Waals surface area contributed by atoms with Crippen LogP contribution in [0.15, 0.2) is 30.9 Å². The zero-order valence-electron chi connectivity index (χ0n) is 9.00. The van der Waals surface area contributed by atoms with Crippen molar-refractivity contribution in [2.75, 3.05) is 6.61 Å². The van der Waals surface area contributed by atoms with Gasteiger partial charge in [0.25, 0.3) is 0 Å². The normalized spacial score (nSPS) is 12.2. The molecule has 1 nitrogen and oxygen atoms in total. The predicted molar refractivity (Wildman–Crippen MR) is 65.5 cm³/mol. The van der Waals surface area contributed by atoms with Gasteiger partial charge in [-0.3, -0.25) is 0 Å². The van der Waals surface area contributed by atoms with Crippen molar-refractivity contribution in [2.24, 2.45) is 0 Å². The summed E-state index contributed by atoms with van der Waals surface area (Å²) in [5, 5.41) is 0.645. The molecule has 0 aliphatic carbocycles. The monoisotopic (exact) mass is 223 g/mol. The summed E-state index contributed by atoms with van der Waals surface area (Å²) in [6.45, 7) is 10.3. The Morgan fingerprint density at radius 2 is 2.27 bits per heavy atom. The summed E-state index contributed by atoms with van der Waals surface area (Å²) in [5.74, 6) is 0.935. The third-order valence-corrected chi connectivity index (χ3v) is 2.47. The van der Waals surface area contributed by atoms with Gasteiger partial charge in [-0.2, -0.15) is 0 Å². The molecule has 0 saturated heterocycles. The number of benzene rings is 1. The highest BCUT2D eigenvalue weighted by atomic mass is 35.5. The summed E-state index contributed by atoms with van der Waals surface area (Å²) in [5.41, 5.74) is 1.11. The molecular formula is C13H16ClO. The topological polar surface area (TPSA) is 9.23 Å². The molecule has 1 aromatic carbocycles. The van der Waals surface area contributed by atoms with Crippen molar-refractivity contribution in [3.8, 4) is 5.75 Å². The molecule has 0 bridgehead atoms. The van der Waals surface area contributed by atoms with E-state index in [0.717, 1.165) is 17.7 Å². The summed E-state index contributed by atoms with van der Waals surface area (Å²) in [6, 6.07) is 5.80. The maximum absolute atomic E-state index is 6.07. The van der Waals surface area contributed by atoms with E-state index in [1.807, 2.05) is 31.2 Å². The summed E-state index contributed by atoms with van der Waals surface area (Å²) < 4.78 is 5.36. The molecule has 0 aliphatic heterocycles. The summed E-state index contributed by atoms with van der Waals surface area (Å²) in [6.07, 6.45) is 2.71. The number of hydrogen-bond donors (Lipinski definition) is 0. The SMILES string of the molecule is [CH2]C(CC=C)c1ccc(OCC)c(Cl)c1. The Morgan fingerprint density at radius 1 is 1.53 bits per heavy atom. The Morgan fingerprint density at radius 3 is 2.80 bits per heavy atom. The Labute approximate surface area is 96.7 Å². The van der Waals surface area contributed by atoms with Crippen molar-refractivity contribution in [1.82, 2.24) is 0 Å². The lowest BCUT2D eigenvalue weighted by Gasteiger charge is -2.11. The van der Waals surface area contributed by atoms with Gasteiger partial charge in [-0.15, -0.1) is 6.58 Å². The minimum atomic E-state index is 0.204. The first-order valence-electron chi connectivity index (χ1n) is 5.05. The molecule has 15 heavy (non-hydrogen) atoms. The molecule has 1 rings (SSSR count). The van der Waals surface area contributed by atoms with Crippen LogP contribution in [-0.4, -0.2) is 6.61 Å². The molecule has 0 N–H and O–H groups in total. The quantitative estimate of drug-likeness (QED) is 0.679. The van der Waals surface area contributed by atoms with E-state index in [2.05, 4.69) is 13.5 Å². The number of allylic oxidation sites excluding steroid dienone is 1. The van der Waals surface area contributed by atoms with Gasteiger partial charge in [0.1, 0.15) is 5.75 Å². The van der Waals surface area contributed by atoms with E-state index in [1.54, 1.807) is 0 Å². The van der Waals surface area contributed by atoms with Gasteiger partial charge >= 0.3 is 0 Å². The molecule has 0 heterocycles. The van der Waals surface area contributed by atoms with E-state index in [4.69, 9.17) is 16.3 Å². The summed E-state index contributed by atoms with van der Waals surface area (Å²) in [4.78, 5) is 0. The molecule has 2 heteroatoms. The van der Waals surface area contributed by atoms with Crippen LogP contribution in [0.3, 0.4) is 0 Å². The highest BCUT2D eigenvalue weighted by Gasteiger charge is 2.07. The molecule has 0 amide bonds. The van der Waals surface area contributed by atoms with E-state index < -0.39 is 0 Å². The molecule has 0 fully saturated rings. The number of hydrogen-bond acceptors (Lipinski definition) is 1. The van der Waals surface area contributed by atoms with Crippen molar-refractivity contribution < 1.29 is 4.74 Å². The Hall–Kier alpha value is -0.950. The fourth-order valence-corrected chi connectivity index (χ4v) is 1.62. The Kier molecular flexibility index (Phi) is 4.70. The van der Waals surface area contributed by atoms with Gasteiger partial charge in [0, 0.05) is 0 Å². The van der Waals surface area contributed by atoms with Crippen LogP contribution in [0.25, 0.3) is 0 Å². The van der Waals surface area contributed by atoms with E-state index >= 15 is 0 Å². The van der Waals surface area contributed by atoms with Crippen LogP contribution in [0.2, 0.25) is 5.02 Å². The van der Waals surface area contributed by atoms with Gasteiger partial charge in [-0.05, 0) is 43.9 Å². The van der Waals surface area contributed by atoms with Crippen LogP contribution in [0.1, 0.15) is 24.8 Å². The Bertz CT molecular complexity index is 333. The number of rotatable bonds is 5. The average Bonchev–Trinajstić information content (AvgIpc) is 2.21. The van der Waals surface area contributed by atoms with Gasteiger partial charge in [0.05, 0.1) is 11.6 Å². The lowest BCUT2D eigenvalue weighted by Crippen LogP contribution is -1.95. The van der Waals surface area contributed by atoms with Crippen molar-refractivity contribution in [3.63, 3.8) is 0 Å². The highest BCUT2D eigenvalue weighted by Crippen LogP contribution is 2.29. The van der Waals surface area contributed by atoms with Gasteiger partial charge in [-0.25, -0.2) is 0 Å². The second-order valence-corrected chi connectivity index (χ2v) is 3.75. The minimum absolute atomic E-state index is 0.204.